The molecule has 1 atom stereocenters. The molecule has 1 unspecified atom stereocenters. The number of hydrogen-bond acceptors (Lipinski definition) is 4. The maximum atomic E-state index is 8.03. The van der Waals surface area contributed by atoms with Gasteiger partial charge in [-0.3, -0.25) is 5.73 Å². The van der Waals surface area contributed by atoms with E-state index in [9.17, 15) is 0 Å². The number of hydrogen-bond donors (Lipinski definition) is 3. The molecule has 0 radical (unpaired) electrons. The smallest absolute Gasteiger partial charge is 0.212 e. The van der Waals surface area contributed by atoms with Gasteiger partial charge in [0.05, 0.1) is 6.73 Å². The second-order valence-corrected chi connectivity index (χ2v) is 0.724. The Kier molecular flexibility index (Phi) is 2.97. The lowest BCUT2D eigenvalue weighted by atomic mass is 11.1. The first-order chi connectivity index (χ1) is 2.77. The van der Waals surface area contributed by atoms with Gasteiger partial charge >= 0.3 is 0 Å². The lowest BCUT2D eigenvalue weighted by Crippen LogP contribution is -2.25. The molecule has 0 aliphatic carbocycles. The molecule has 0 amide bonds. The van der Waals surface area contributed by atoms with E-state index in [1.54, 1.807) is 0 Å². The molecule has 38 valence electrons. The van der Waals surface area contributed by atoms with Crippen molar-refractivity contribution in [3.05, 3.63) is 0 Å². The first-order valence-electron chi connectivity index (χ1n) is 1.52. The van der Waals surface area contributed by atoms with Crippen LogP contribution in [0.15, 0.2) is 0 Å². The van der Waals surface area contributed by atoms with Crippen molar-refractivity contribution in [3.8, 4) is 0 Å². The maximum Gasteiger partial charge on any atom is 0.212 e. The van der Waals surface area contributed by atoms with Crippen molar-refractivity contribution in [1.29, 1.82) is 0 Å². The van der Waals surface area contributed by atoms with Gasteiger partial charge in [-0.25, -0.2) is 0 Å². The normalized spacial score (nSPS) is 14.5. The number of rotatable bonds is 2. The highest BCUT2D eigenvalue weighted by molar-refractivity contribution is 4.12. The fourth-order valence-electron chi connectivity index (χ4n) is 0.0986. The summed E-state index contributed by atoms with van der Waals surface area (Å²) in [6.07, 6.45) is -1.23. The molecule has 0 saturated heterocycles. The average molecular weight is 92.1 g/mol. The Morgan fingerprint density at radius 1 is 1.83 bits per heavy atom. The summed E-state index contributed by atoms with van der Waals surface area (Å²) in [5.41, 5.74) is 9.42. The second-order valence-electron chi connectivity index (χ2n) is 0.724. The van der Waals surface area contributed by atoms with E-state index in [2.05, 4.69) is 10.5 Å². The van der Waals surface area contributed by atoms with E-state index in [1.165, 1.54) is 0 Å². The van der Waals surface area contributed by atoms with Gasteiger partial charge in [0.1, 0.15) is 0 Å². The van der Waals surface area contributed by atoms with Gasteiger partial charge in [-0.1, -0.05) is 0 Å². The Morgan fingerprint density at radius 3 is 2.33 bits per heavy atom. The molecular weight excluding hydrogens is 84.0 g/mol. The molecule has 4 nitrogen and oxygen atoms in total. The van der Waals surface area contributed by atoms with Crippen LogP contribution in [0.25, 0.3) is 0 Å². The van der Waals surface area contributed by atoms with Crippen LogP contribution in [0.4, 0.5) is 0 Å². The molecule has 0 aromatic heterocycles. The minimum atomic E-state index is -1.23. The molecule has 6 heavy (non-hydrogen) atoms. The first kappa shape index (κ1) is 5.84. The Morgan fingerprint density at radius 2 is 2.33 bits per heavy atom. The zero-order valence-corrected chi connectivity index (χ0v) is 3.29. The van der Waals surface area contributed by atoms with Crippen LogP contribution < -0.4 is 11.5 Å². The highest BCUT2D eigenvalue weighted by atomic mass is 16.6. The molecular formula is C2H8N2O2. The summed E-state index contributed by atoms with van der Waals surface area (Å²) in [6, 6.07) is 0. The summed E-state index contributed by atoms with van der Waals surface area (Å²) in [5.74, 6) is 0. The van der Waals surface area contributed by atoms with E-state index in [1.807, 2.05) is 0 Å². The van der Waals surface area contributed by atoms with Gasteiger partial charge in [0.25, 0.3) is 0 Å². The molecule has 5 N–H and O–H groups in total. The Balaban J connectivity index is 2.63. The molecule has 0 aromatic carbocycles. The molecule has 0 aliphatic heterocycles. The second kappa shape index (κ2) is 3.05. The van der Waals surface area contributed by atoms with Crippen LogP contribution >= 0.6 is 0 Å². The third-order valence-electron chi connectivity index (χ3n) is 0.267. The van der Waals surface area contributed by atoms with Crippen molar-refractivity contribution >= 4 is 0 Å². The first-order valence-corrected chi connectivity index (χ1v) is 1.52. The molecule has 0 heterocycles. The van der Waals surface area contributed by atoms with E-state index in [4.69, 9.17) is 10.8 Å². The molecule has 0 spiro atoms. The van der Waals surface area contributed by atoms with Gasteiger partial charge in [0, 0.05) is 0 Å². The lowest BCUT2D eigenvalue weighted by molar-refractivity contribution is -0.0915. The van der Waals surface area contributed by atoms with Crippen molar-refractivity contribution in [1.82, 2.24) is 0 Å². The topological polar surface area (TPSA) is 81.5 Å². The molecule has 0 aromatic rings. The van der Waals surface area contributed by atoms with Gasteiger partial charge in [0.2, 0.25) is 6.41 Å². The van der Waals surface area contributed by atoms with E-state index in [0.29, 0.717) is 0 Å². The minimum Gasteiger partial charge on any atom is -0.356 e. The SMILES string of the molecule is NCOC(N)O. The lowest BCUT2D eigenvalue weighted by Gasteiger charge is -1.99. The van der Waals surface area contributed by atoms with Crippen LogP contribution in [0, 0.1) is 0 Å². The predicted octanol–water partition coefficient (Wildman–Crippen LogP) is -1.85. The summed E-state index contributed by atoms with van der Waals surface area (Å²) in [6.45, 7) is -0.0440. The zero-order valence-electron chi connectivity index (χ0n) is 3.29. The third kappa shape index (κ3) is 3.84. The van der Waals surface area contributed by atoms with E-state index < -0.39 is 6.41 Å². The Labute approximate surface area is 35.7 Å². The average Bonchev–Trinajstić information content (AvgIpc) is 1.35. The van der Waals surface area contributed by atoms with Crippen LogP contribution in [0.3, 0.4) is 0 Å². The fourth-order valence-corrected chi connectivity index (χ4v) is 0.0986. The molecule has 0 rings (SSSR count). The van der Waals surface area contributed by atoms with E-state index >= 15 is 0 Å². The van der Waals surface area contributed by atoms with Gasteiger partial charge in [-0.05, 0) is 0 Å². The van der Waals surface area contributed by atoms with Gasteiger partial charge in [0.15, 0.2) is 0 Å². The largest absolute Gasteiger partial charge is 0.356 e. The highest BCUT2D eigenvalue weighted by Crippen LogP contribution is 1.65. The fraction of sp³-hybridized carbons (Fsp3) is 1.00. The van der Waals surface area contributed by atoms with Crippen LogP contribution in [0.5, 0.6) is 0 Å². The summed E-state index contributed by atoms with van der Waals surface area (Å²) in [7, 11) is 0. The van der Waals surface area contributed by atoms with Crippen molar-refractivity contribution in [3.63, 3.8) is 0 Å². The summed E-state index contributed by atoms with van der Waals surface area (Å²) in [5, 5.41) is 8.03. The molecule has 4 heteroatoms. The quantitative estimate of drug-likeness (QED) is 0.349. The Hall–Kier alpha value is -0.160. The van der Waals surface area contributed by atoms with Crippen LogP contribution in [-0.2, 0) is 4.74 Å². The van der Waals surface area contributed by atoms with Crippen molar-refractivity contribution in [2.45, 2.75) is 6.41 Å². The number of aliphatic hydroxyl groups is 1. The molecule has 0 aliphatic rings. The summed E-state index contributed by atoms with van der Waals surface area (Å²) in [4.78, 5) is 0. The zero-order chi connectivity index (χ0) is 4.99. The Bertz CT molecular complexity index is 30.7. The van der Waals surface area contributed by atoms with Crippen molar-refractivity contribution < 1.29 is 9.84 Å². The summed E-state index contributed by atoms with van der Waals surface area (Å²) < 4.78 is 4.15. The van der Waals surface area contributed by atoms with E-state index in [-0.39, 0.29) is 6.73 Å². The van der Waals surface area contributed by atoms with Crippen LogP contribution in [-0.4, -0.2) is 18.3 Å². The van der Waals surface area contributed by atoms with Crippen LogP contribution in [0.1, 0.15) is 0 Å². The number of aliphatic hydroxyl groups excluding tert-OH is 1. The van der Waals surface area contributed by atoms with Gasteiger partial charge in [-0.15, -0.1) is 0 Å². The number of nitrogens with two attached hydrogens (primary N) is 2. The molecule has 0 bridgehead atoms. The summed E-state index contributed by atoms with van der Waals surface area (Å²) >= 11 is 0. The predicted molar refractivity (Wildman–Crippen MR) is 20.3 cm³/mol. The minimum absolute atomic E-state index is 0.0440. The third-order valence-corrected chi connectivity index (χ3v) is 0.267. The number of ether oxygens (including phenoxy) is 1. The molecule has 0 saturated carbocycles. The van der Waals surface area contributed by atoms with Gasteiger partial charge in [-0.2, -0.15) is 0 Å². The van der Waals surface area contributed by atoms with Crippen molar-refractivity contribution in [2.24, 2.45) is 11.5 Å². The molecule has 0 fully saturated rings. The van der Waals surface area contributed by atoms with E-state index in [0.717, 1.165) is 0 Å². The highest BCUT2D eigenvalue weighted by Gasteiger charge is 1.85. The van der Waals surface area contributed by atoms with Crippen LogP contribution in [0.2, 0.25) is 0 Å². The van der Waals surface area contributed by atoms with Crippen molar-refractivity contribution in [2.75, 3.05) is 6.73 Å². The maximum absolute atomic E-state index is 8.03. The standard InChI is InChI=1S/C2H8N2O2/c3-1-6-2(4)5/h2,5H,1,3-4H2. The van der Waals surface area contributed by atoms with Gasteiger partial charge < -0.3 is 15.6 Å². The monoisotopic (exact) mass is 92.1 g/mol.